The first-order chi connectivity index (χ1) is 8.02. The first-order valence-electron chi connectivity index (χ1n) is 7.70. The van der Waals surface area contributed by atoms with E-state index in [1.165, 1.54) is 25.7 Å². The van der Waals surface area contributed by atoms with Crippen molar-refractivity contribution < 1.29 is 5.11 Å². The van der Waals surface area contributed by atoms with Gasteiger partial charge in [0.2, 0.25) is 0 Å². The molecule has 100 valence electrons. The highest BCUT2D eigenvalue weighted by molar-refractivity contribution is 4.91. The fraction of sp³-hybridized carbons (Fsp3) is 1.00. The number of aliphatic hydroxyl groups excluding tert-OH is 1. The summed E-state index contributed by atoms with van der Waals surface area (Å²) in [7, 11) is 0. The van der Waals surface area contributed by atoms with E-state index >= 15 is 0 Å². The molecule has 0 aromatic carbocycles. The first-order valence-corrected chi connectivity index (χ1v) is 7.70. The van der Waals surface area contributed by atoms with Crippen molar-refractivity contribution in [3.05, 3.63) is 0 Å². The van der Waals surface area contributed by atoms with Gasteiger partial charge in [0.15, 0.2) is 0 Å². The summed E-state index contributed by atoms with van der Waals surface area (Å²) in [4.78, 5) is 0. The van der Waals surface area contributed by atoms with Gasteiger partial charge >= 0.3 is 0 Å². The van der Waals surface area contributed by atoms with Gasteiger partial charge in [0.25, 0.3) is 0 Å². The van der Waals surface area contributed by atoms with Crippen LogP contribution in [0.1, 0.15) is 59.8 Å². The smallest absolute Gasteiger partial charge is 0.0571 e. The lowest BCUT2D eigenvalue weighted by Crippen LogP contribution is -2.25. The van der Waals surface area contributed by atoms with Gasteiger partial charge in [-0.1, -0.05) is 40.5 Å². The van der Waals surface area contributed by atoms with Crippen LogP contribution < -0.4 is 0 Å². The molecule has 0 amide bonds. The minimum Gasteiger partial charge on any atom is -0.393 e. The van der Waals surface area contributed by atoms with E-state index in [-0.39, 0.29) is 6.10 Å². The van der Waals surface area contributed by atoms with Crippen LogP contribution >= 0.6 is 0 Å². The number of hydrogen-bond acceptors (Lipinski definition) is 1. The van der Waals surface area contributed by atoms with Crippen LogP contribution in [0.3, 0.4) is 0 Å². The van der Waals surface area contributed by atoms with Crippen LogP contribution in [0.2, 0.25) is 0 Å². The summed E-state index contributed by atoms with van der Waals surface area (Å²) in [5.74, 6) is 4.58. The highest BCUT2D eigenvalue weighted by Crippen LogP contribution is 2.48. The molecule has 2 fully saturated rings. The van der Waals surface area contributed by atoms with Gasteiger partial charge < -0.3 is 5.11 Å². The molecule has 0 aromatic heterocycles. The Morgan fingerprint density at radius 1 is 0.882 bits per heavy atom. The lowest BCUT2D eigenvalue weighted by molar-refractivity contribution is 0.0680. The van der Waals surface area contributed by atoms with Crippen LogP contribution in [0.5, 0.6) is 0 Å². The van der Waals surface area contributed by atoms with E-state index in [2.05, 4.69) is 27.7 Å². The minimum atomic E-state index is -0.0232. The van der Waals surface area contributed by atoms with E-state index in [1.807, 2.05) is 0 Å². The average molecular weight is 238 g/mol. The summed E-state index contributed by atoms with van der Waals surface area (Å²) < 4.78 is 0. The molecule has 4 unspecified atom stereocenters. The maximum atomic E-state index is 10.4. The lowest BCUT2D eigenvalue weighted by Gasteiger charge is -2.27. The van der Waals surface area contributed by atoms with Crippen LogP contribution in [0.15, 0.2) is 0 Å². The summed E-state index contributed by atoms with van der Waals surface area (Å²) >= 11 is 0. The molecule has 1 heteroatoms. The van der Waals surface area contributed by atoms with Crippen molar-refractivity contribution in [3.63, 3.8) is 0 Å². The van der Waals surface area contributed by atoms with Gasteiger partial charge in [-0.25, -0.2) is 0 Å². The van der Waals surface area contributed by atoms with E-state index in [0.717, 1.165) is 36.0 Å². The molecule has 2 aliphatic carbocycles. The van der Waals surface area contributed by atoms with Crippen LogP contribution in [0, 0.1) is 35.5 Å². The second-order valence-electron chi connectivity index (χ2n) is 6.95. The minimum absolute atomic E-state index is 0.0232. The van der Waals surface area contributed by atoms with Gasteiger partial charge in [0.05, 0.1) is 6.10 Å². The zero-order valence-corrected chi connectivity index (χ0v) is 12.0. The summed E-state index contributed by atoms with van der Waals surface area (Å²) in [5.41, 5.74) is 0. The molecule has 0 bridgehead atoms. The van der Waals surface area contributed by atoms with Crippen LogP contribution in [0.25, 0.3) is 0 Å². The Bertz CT molecular complexity index is 230. The molecule has 0 aliphatic heterocycles. The lowest BCUT2D eigenvalue weighted by atomic mass is 9.81. The van der Waals surface area contributed by atoms with Gasteiger partial charge in [-0.3, -0.25) is 0 Å². The zero-order valence-electron chi connectivity index (χ0n) is 12.0. The molecule has 0 aromatic rings. The van der Waals surface area contributed by atoms with Gasteiger partial charge in [-0.05, 0) is 54.8 Å². The summed E-state index contributed by atoms with van der Waals surface area (Å²) in [6.07, 6.45) is 6.24. The third-order valence-electron chi connectivity index (χ3n) is 6.30. The molecule has 0 spiro atoms. The van der Waals surface area contributed by atoms with Crippen LogP contribution in [0.4, 0.5) is 0 Å². The van der Waals surface area contributed by atoms with Gasteiger partial charge in [-0.15, -0.1) is 0 Å². The third kappa shape index (κ3) is 2.54. The number of aliphatic hydroxyl groups is 1. The Hall–Kier alpha value is -0.0400. The summed E-state index contributed by atoms with van der Waals surface area (Å²) in [5, 5.41) is 10.4. The molecule has 1 N–H and O–H groups in total. The molecule has 2 saturated carbocycles. The molecule has 5 atom stereocenters. The maximum absolute atomic E-state index is 10.4. The van der Waals surface area contributed by atoms with Crippen molar-refractivity contribution in [2.45, 2.75) is 65.9 Å². The average Bonchev–Trinajstić information content (AvgIpc) is 2.90. The highest BCUT2D eigenvalue weighted by Gasteiger charge is 2.42. The Morgan fingerprint density at radius 2 is 1.35 bits per heavy atom. The first kappa shape index (κ1) is 13.4. The molecule has 0 heterocycles. The van der Waals surface area contributed by atoms with Crippen molar-refractivity contribution in [1.29, 1.82) is 0 Å². The topological polar surface area (TPSA) is 20.2 Å². The molecule has 1 nitrogen and oxygen atoms in total. The van der Waals surface area contributed by atoms with E-state index in [9.17, 15) is 5.11 Å². The van der Waals surface area contributed by atoms with Crippen molar-refractivity contribution in [1.82, 2.24) is 0 Å². The largest absolute Gasteiger partial charge is 0.393 e. The Morgan fingerprint density at radius 3 is 1.82 bits per heavy atom. The molecule has 2 rings (SSSR count). The quantitative estimate of drug-likeness (QED) is 0.785. The molecule has 0 saturated heterocycles. The summed E-state index contributed by atoms with van der Waals surface area (Å²) in [6.45, 7) is 9.59. The van der Waals surface area contributed by atoms with E-state index < -0.39 is 0 Å². The maximum Gasteiger partial charge on any atom is 0.0571 e. The van der Waals surface area contributed by atoms with Gasteiger partial charge in [0.1, 0.15) is 0 Å². The fourth-order valence-corrected chi connectivity index (χ4v) is 4.46. The Kier molecular flexibility index (Phi) is 4.18. The van der Waals surface area contributed by atoms with E-state index in [4.69, 9.17) is 0 Å². The number of hydrogen-bond donors (Lipinski definition) is 1. The molecule has 0 radical (unpaired) electrons. The van der Waals surface area contributed by atoms with Crippen LogP contribution in [-0.4, -0.2) is 11.2 Å². The van der Waals surface area contributed by atoms with E-state index in [0.29, 0.717) is 5.92 Å². The van der Waals surface area contributed by atoms with Gasteiger partial charge in [0, 0.05) is 0 Å². The standard InChI is InChI=1S/C16H30O/c1-10-11(2)13(4)15(12(10)3)9-16(17)14-7-5-6-8-14/h10-17H,5-9H2,1-4H3/t10?,11?,12?,13?,15?,16-/m1/s1. The van der Waals surface area contributed by atoms with Crippen LogP contribution in [-0.2, 0) is 0 Å². The molecule has 17 heavy (non-hydrogen) atoms. The highest BCUT2D eigenvalue weighted by atomic mass is 16.3. The van der Waals surface area contributed by atoms with Crippen molar-refractivity contribution in [3.8, 4) is 0 Å². The monoisotopic (exact) mass is 238 g/mol. The summed E-state index contributed by atoms with van der Waals surface area (Å²) in [6, 6.07) is 0. The van der Waals surface area contributed by atoms with Crippen molar-refractivity contribution in [2.24, 2.45) is 35.5 Å². The second-order valence-corrected chi connectivity index (χ2v) is 6.95. The van der Waals surface area contributed by atoms with Crippen molar-refractivity contribution >= 4 is 0 Å². The normalized spacial score (nSPS) is 45.4. The third-order valence-corrected chi connectivity index (χ3v) is 6.30. The van der Waals surface area contributed by atoms with Gasteiger partial charge in [-0.2, -0.15) is 0 Å². The van der Waals surface area contributed by atoms with E-state index in [1.54, 1.807) is 0 Å². The van der Waals surface area contributed by atoms with Crippen molar-refractivity contribution in [2.75, 3.05) is 0 Å². The fourth-order valence-electron chi connectivity index (χ4n) is 4.46. The predicted molar refractivity (Wildman–Crippen MR) is 72.7 cm³/mol. The zero-order chi connectivity index (χ0) is 12.6. The number of rotatable bonds is 3. The Labute approximate surface area is 107 Å². The molecular weight excluding hydrogens is 208 g/mol. The predicted octanol–water partition coefficient (Wildman–Crippen LogP) is 4.10. The molecule has 2 aliphatic rings. The second kappa shape index (κ2) is 5.30. The Balaban J connectivity index is 1.93. The SMILES string of the molecule is CC1C(C)C(C)C(C[C@@H](O)C2CCCC2)C1C. The molecular formula is C16H30O.